The molecule has 0 aromatic heterocycles. The van der Waals surface area contributed by atoms with Crippen molar-refractivity contribution in [1.29, 1.82) is 0 Å². The van der Waals surface area contributed by atoms with Gasteiger partial charge in [0.1, 0.15) is 0 Å². The van der Waals surface area contributed by atoms with E-state index in [1.807, 2.05) is 6.07 Å². The molecular weight excluding hydrogens is 203 g/mol. The molecule has 0 bridgehead atoms. The van der Waals surface area contributed by atoms with Crippen molar-refractivity contribution in [2.45, 2.75) is 6.42 Å². The Balaban J connectivity index is 2.67. The molecule has 2 N–H and O–H groups in total. The summed E-state index contributed by atoms with van der Waals surface area (Å²) >= 11 is 0. The predicted octanol–water partition coefficient (Wildman–Crippen LogP) is 1.92. The molecule has 0 aliphatic carbocycles. The van der Waals surface area contributed by atoms with Crippen LogP contribution in [0.5, 0.6) is 0 Å². The standard InChI is InChI=1S/C9H12O4P/c1-13-14(11,12)9(10)7-8-5-3-2-4-6-8/h2-6,10H,7H2,1H3,(H,11,12). The van der Waals surface area contributed by atoms with Crippen molar-refractivity contribution in [2.24, 2.45) is 0 Å². The van der Waals surface area contributed by atoms with Gasteiger partial charge in [-0.05, 0) is 5.56 Å². The maximum absolute atomic E-state index is 11.1. The predicted molar refractivity (Wildman–Crippen MR) is 52.2 cm³/mol. The van der Waals surface area contributed by atoms with Crippen molar-refractivity contribution in [3.05, 3.63) is 41.7 Å². The summed E-state index contributed by atoms with van der Waals surface area (Å²) in [5, 5.41) is 9.31. The molecule has 1 aromatic rings. The van der Waals surface area contributed by atoms with E-state index in [9.17, 15) is 9.67 Å². The monoisotopic (exact) mass is 215 g/mol. The summed E-state index contributed by atoms with van der Waals surface area (Å²) in [5.74, 6) is -0.536. The maximum atomic E-state index is 11.1. The van der Waals surface area contributed by atoms with Crippen molar-refractivity contribution in [3.63, 3.8) is 0 Å². The molecule has 1 unspecified atom stereocenters. The van der Waals surface area contributed by atoms with Crippen molar-refractivity contribution in [1.82, 2.24) is 0 Å². The van der Waals surface area contributed by atoms with E-state index >= 15 is 0 Å². The number of hydrogen-bond donors (Lipinski definition) is 2. The number of hydrogen-bond acceptors (Lipinski definition) is 3. The van der Waals surface area contributed by atoms with Crippen molar-refractivity contribution in [3.8, 4) is 0 Å². The minimum absolute atomic E-state index is 0.0302. The molecule has 0 amide bonds. The van der Waals surface area contributed by atoms with Crippen LogP contribution in [-0.2, 0) is 15.5 Å². The van der Waals surface area contributed by atoms with Gasteiger partial charge in [-0.2, -0.15) is 0 Å². The largest absolute Gasteiger partial charge is 0.374 e. The van der Waals surface area contributed by atoms with Gasteiger partial charge in [0.05, 0.1) is 0 Å². The SMILES string of the molecule is COP(=O)(O)[C](O)Cc1ccccc1. The van der Waals surface area contributed by atoms with Crippen LogP contribution in [0.3, 0.4) is 0 Å². The fourth-order valence-electron chi connectivity index (χ4n) is 0.984. The number of rotatable bonds is 4. The topological polar surface area (TPSA) is 66.8 Å². The lowest BCUT2D eigenvalue weighted by Crippen LogP contribution is -2.03. The summed E-state index contributed by atoms with van der Waals surface area (Å²) in [6.07, 6.45) is 0.0302. The summed E-state index contributed by atoms with van der Waals surface area (Å²) in [4.78, 5) is 9.10. The first kappa shape index (κ1) is 11.4. The lowest BCUT2D eigenvalue weighted by molar-refractivity contribution is 0.255. The fraction of sp³-hybridized carbons (Fsp3) is 0.222. The van der Waals surface area contributed by atoms with Gasteiger partial charge in [0.25, 0.3) is 0 Å². The van der Waals surface area contributed by atoms with Gasteiger partial charge < -0.3 is 14.5 Å². The van der Waals surface area contributed by atoms with Gasteiger partial charge in [0.15, 0.2) is 0 Å². The maximum Gasteiger partial charge on any atom is 0.363 e. The molecule has 0 saturated carbocycles. The molecule has 0 fully saturated rings. The Labute approximate surface area is 82.7 Å². The number of aliphatic hydroxyl groups excluding tert-OH is 1. The van der Waals surface area contributed by atoms with Gasteiger partial charge in [-0.3, -0.25) is 4.57 Å². The first-order chi connectivity index (χ1) is 6.56. The molecule has 0 heterocycles. The normalized spacial score (nSPS) is 15.4. The summed E-state index contributed by atoms with van der Waals surface area (Å²) < 4.78 is 15.4. The van der Waals surface area contributed by atoms with Crippen LogP contribution in [0.4, 0.5) is 0 Å². The quantitative estimate of drug-likeness (QED) is 0.753. The van der Waals surface area contributed by atoms with Crippen molar-refractivity contribution in [2.75, 3.05) is 7.11 Å². The summed E-state index contributed by atoms with van der Waals surface area (Å²) in [6.45, 7) is 0. The van der Waals surface area contributed by atoms with Crippen LogP contribution in [0.1, 0.15) is 5.56 Å². The second kappa shape index (κ2) is 4.71. The van der Waals surface area contributed by atoms with Crippen LogP contribution in [0.15, 0.2) is 30.3 Å². The molecule has 5 heteroatoms. The third kappa shape index (κ3) is 2.93. The van der Waals surface area contributed by atoms with Gasteiger partial charge in [-0.1, -0.05) is 30.3 Å². The zero-order chi connectivity index (χ0) is 10.6. The van der Waals surface area contributed by atoms with E-state index in [1.165, 1.54) is 0 Å². The average molecular weight is 215 g/mol. The summed E-state index contributed by atoms with van der Waals surface area (Å²) in [7, 11) is -2.87. The van der Waals surface area contributed by atoms with Crippen LogP contribution in [0, 0.1) is 5.85 Å². The number of aliphatic hydroxyl groups is 1. The molecular formula is C9H12O4P. The zero-order valence-corrected chi connectivity index (χ0v) is 8.65. The minimum Gasteiger partial charge on any atom is -0.374 e. The number of benzene rings is 1. The van der Waals surface area contributed by atoms with Crippen LogP contribution >= 0.6 is 7.60 Å². The Morgan fingerprint density at radius 3 is 2.50 bits per heavy atom. The lowest BCUT2D eigenvalue weighted by Gasteiger charge is -2.14. The van der Waals surface area contributed by atoms with Gasteiger partial charge in [0, 0.05) is 13.5 Å². The first-order valence-electron chi connectivity index (χ1n) is 4.04. The molecule has 1 aromatic carbocycles. The van der Waals surface area contributed by atoms with Gasteiger partial charge in [0.2, 0.25) is 5.85 Å². The Morgan fingerprint density at radius 1 is 1.43 bits per heavy atom. The van der Waals surface area contributed by atoms with Crippen LogP contribution < -0.4 is 0 Å². The van der Waals surface area contributed by atoms with E-state index in [-0.39, 0.29) is 6.42 Å². The minimum atomic E-state index is -3.96. The molecule has 0 aliphatic rings. The van der Waals surface area contributed by atoms with Gasteiger partial charge >= 0.3 is 7.60 Å². The lowest BCUT2D eigenvalue weighted by atomic mass is 10.2. The Morgan fingerprint density at radius 2 is 2.00 bits per heavy atom. The highest BCUT2D eigenvalue weighted by atomic mass is 31.2. The second-order valence-corrected chi connectivity index (χ2v) is 4.70. The molecule has 0 saturated heterocycles. The van der Waals surface area contributed by atoms with Crippen LogP contribution in [-0.4, -0.2) is 17.1 Å². The van der Waals surface area contributed by atoms with E-state index in [0.29, 0.717) is 0 Å². The summed E-state index contributed by atoms with van der Waals surface area (Å²) in [5.41, 5.74) is 0.760. The molecule has 1 rings (SSSR count). The second-order valence-electron chi connectivity index (χ2n) is 2.78. The highest BCUT2D eigenvalue weighted by molar-refractivity contribution is 7.55. The molecule has 0 spiro atoms. The fourth-order valence-corrected chi connectivity index (χ4v) is 1.58. The molecule has 1 radical (unpaired) electrons. The average Bonchev–Trinajstić information content (AvgIpc) is 2.19. The summed E-state index contributed by atoms with van der Waals surface area (Å²) in [6, 6.07) is 8.92. The van der Waals surface area contributed by atoms with Crippen molar-refractivity contribution < 1.29 is 19.1 Å². The van der Waals surface area contributed by atoms with E-state index in [2.05, 4.69) is 4.52 Å². The molecule has 77 valence electrons. The van der Waals surface area contributed by atoms with Gasteiger partial charge in [-0.15, -0.1) is 0 Å². The third-order valence-electron chi connectivity index (χ3n) is 1.78. The van der Waals surface area contributed by atoms with E-state index in [0.717, 1.165) is 12.7 Å². The molecule has 14 heavy (non-hydrogen) atoms. The zero-order valence-electron chi connectivity index (χ0n) is 7.75. The van der Waals surface area contributed by atoms with Crippen molar-refractivity contribution >= 4 is 7.60 Å². The van der Waals surface area contributed by atoms with Crippen LogP contribution in [0.25, 0.3) is 0 Å². The third-order valence-corrected chi connectivity index (χ3v) is 3.08. The molecule has 0 aliphatic heterocycles. The molecule has 1 atom stereocenters. The molecule has 4 nitrogen and oxygen atoms in total. The van der Waals surface area contributed by atoms with E-state index < -0.39 is 13.4 Å². The Bertz CT molecular complexity index is 325. The smallest absolute Gasteiger partial charge is 0.363 e. The van der Waals surface area contributed by atoms with Gasteiger partial charge in [-0.25, -0.2) is 0 Å². The van der Waals surface area contributed by atoms with Crippen LogP contribution in [0.2, 0.25) is 0 Å². The van der Waals surface area contributed by atoms with E-state index in [1.54, 1.807) is 24.3 Å². The first-order valence-corrected chi connectivity index (χ1v) is 5.62. The Kier molecular flexibility index (Phi) is 3.84. The highest BCUT2D eigenvalue weighted by Crippen LogP contribution is 2.51. The highest BCUT2D eigenvalue weighted by Gasteiger charge is 2.30. The Hall–Kier alpha value is -0.670. The van der Waals surface area contributed by atoms with E-state index in [4.69, 9.17) is 4.89 Å².